The molecular weight excluding hydrogens is 268 g/mol. The fraction of sp³-hybridized carbons (Fsp3) is 0.467. The zero-order valence-electron chi connectivity index (χ0n) is 11.7. The molecule has 0 radical (unpaired) electrons. The van der Waals surface area contributed by atoms with Gasteiger partial charge in [-0.2, -0.15) is 4.37 Å². The van der Waals surface area contributed by atoms with Gasteiger partial charge in [-0.25, -0.2) is 0 Å². The minimum Gasteiger partial charge on any atom is -0.382 e. The first-order chi connectivity index (χ1) is 9.77. The molecule has 1 aliphatic carbocycles. The number of nitrogens with zero attached hydrogens (tertiary/aromatic N) is 3. The van der Waals surface area contributed by atoms with Gasteiger partial charge >= 0.3 is 0 Å². The number of hydrogen-bond donors (Lipinski definition) is 1. The standard InChI is InChI=1S/C15H20N4S/c1-19(12-5-3-2-4-6-12)15-13(14(16)18-20-15)11-7-9-17-10-8-11/h7-10,12H,2-6H2,1H3,(H2,16,18). The third-order valence-corrected chi connectivity index (χ3v) is 5.07. The van der Waals surface area contributed by atoms with Crippen LogP contribution in [0.2, 0.25) is 0 Å². The van der Waals surface area contributed by atoms with E-state index in [2.05, 4.69) is 21.3 Å². The minimum absolute atomic E-state index is 0.615. The number of rotatable bonds is 3. The molecule has 106 valence electrons. The van der Waals surface area contributed by atoms with E-state index in [0.717, 1.165) is 11.1 Å². The third-order valence-electron chi connectivity index (χ3n) is 4.11. The van der Waals surface area contributed by atoms with Gasteiger partial charge in [-0.15, -0.1) is 0 Å². The highest BCUT2D eigenvalue weighted by molar-refractivity contribution is 7.11. The predicted molar refractivity (Wildman–Crippen MR) is 85.0 cm³/mol. The van der Waals surface area contributed by atoms with Gasteiger partial charge in [0.1, 0.15) is 10.8 Å². The highest BCUT2D eigenvalue weighted by atomic mass is 32.1. The van der Waals surface area contributed by atoms with E-state index in [0.29, 0.717) is 11.9 Å². The van der Waals surface area contributed by atoms with Gasteiger partial charge in [-0.1, -0.05) is 19.3 Å². The van der Waals surface area contributed by atoms with Gasteiger partial charge in [0.05, 0.1) is 5.56 Å². The first-order valence-electron chi connectivity index (χ1n) is 7.15. The fourth-order valence-corrected chi connectivity index (χ4v) is 3.83. The predicted octanol–water partition coefficient (Wildman–Crippen LogP) is 3.56. The zero-order chi connectivity index (χ0) is 13.9. The van der Waals surface area contributed by atoms with Gasteiger partial charge in [0, 0.05) is 25.5 Å². The van der Waals surface area contributed by atoms with E-state index >= 15 is 0 Å². The first kappa shape index (κ1) is 13.4. The van der Waals surface area contributed by atoms with Crippen molar-refractivity contribution in [2.75, 3.05) is 17.7 Å². The Labute approximate surface area is 123 Å². The monoisotopic (exact) mass is 288 g/mol. The van der Waals surface area contributed by atoms with E-state index in [1.54, 1.807) is 12.4 Å². The topological polar surface area (TPSA) is 55.0 Å². The lowest BCUT2D eigenvalue weighted by atomic mass is 9.94. The molecule has 0 saturated heterocycles. The van der Waals surface area contributed by atoms with Crippen molar-refractivity contribution >= 4 is 22.4 Å². The molecule has 0 bridgehead atoms. The molecule has 2 aromatic rings. The second-order valence-electron chi connectivity index (χ2n) is 5.39. The molecule has 1 fully saturated rings. The van der Waals surface area contributed by atoms with Crippen LogP contribution in [0, 0.1) is 0 Å². The second kappa shape index (κ2) is 5.79. The van der Waals surface area contributed by atoms with Crippen LogP contribution in [-0.4, -0.2) is 22.4 Å². The largest absolute Gasteiger partial charge is 0.382 e. The molecule has 0 aromatic carbocycles. The molecule has 1 saturated carbocycles. The van der Waals surface area contributed by atoms with E-state index in [4.69, 9.17) is 5.73 Å². The average Bonchev–Trinajstić information content (AvgIpc) is 2.90. The van der Waals surface area contributed by atoms with Gasteiger partial charge < -0.3 is 10.6 Å². The number of pyridine rings is 1. The van der Waals surface area contributed by atoms with Crippen molar-refractivity contribution < 1.29 is 0 Å². The van der Waals surface area contributed by atoms with Crippen LogP contribution in [0.3, 0.4) is 0 Å². The molecule has 0 unspecified atom stereocenters. The van der Waals surface area contributed by atoms with Gasteiger partial charge in [0.2, 0.25) is 0 Å². The van der Waals surface area contributed by atoms with Crippen LogP contribution in [0.1, 0.15) is 32.1 Å². The Kier molecular flexibility index (Phi) is 3.87. The maximum Gasteiger partial charge on any atom is 0.147 e. The molecule has 1 aliphatic rings. The lowest BCUT2D eigenvalue weighted by Gasteiger charge is -2.32. The molecule has 2 aromatic heterocycles. The molecule has 2 heterocycles. The van der Waals surface area contributed by atoms with Crippen LogP contribution in [-0.2, 0) is 0 Å². The van der Waals surface area contributed by atoms with Gasteiger partial charge in [-0.3, -0.25) is 4.98 Å². The Balaban J connectivity index is 1.94. The van der Waals surface area contributed by atoms with Crippen molar-refractivity contribution in [1.82, 2.24) is 9.36 Å². The first-order valence-corrected chi connectivity index (χ1v) is 7.93. The second-order valence-corrected chi connectivity index (χ2v) is 6.14. The summed E-state index contributed by atoms with van der Waals surface area (Å²) in [5, 5.41) is 1.18. The number of hydrogen-bond acceptors (Lipinski definition) is 5. The van der Waals surface area contributed by atoms with Crippen LogP contribution in [0.5, 0.6) is 0 Å². The van der Waals surface area contributed by atoms with Gasteiger partial charge in [-0.05, 0) is 42.1 Å². The summed E-state index contributed by atoms with van der Waals surface area (Å²) in [6, 6.07) is 4.61. The smallest absolute Gasteiger partial charge is 0.147 e. The lowest BCUT2D eigenvalue weighted by Crippen LogP contribution is -2.33. The molecule has 5 heteroatoms. The van der Waals surface area contributed by atoms with Crippen molar-refractivity contribution in [3.05, 3.63) is 24.5 Å². The maximum atomic E-state index is 6.09. The molecule has 2 N–H and O–H groups in total. The highest BCUT2D eigenvalue weighted by Crippen LogP contribution is 2.40. The lowest BCUT2D eigenvalue weighted by molar-refractivity contribution is 0.429. The molecule has 4 nitrogen and oxygen atoms in total. The Hall–Kier alpha value is -1.62. The molecule has 0 atom stereocenters. The minimum atomic E-state index is 0.615. The van der Waals surface area contributed by atoms with E-state index in [1.165, 1.54) is 48.6 Å². The van der Waals surface area contributed by atoms with E-state index in [1.807, 2.05) is 12.1 Å². The molecular formula is C15H20N4S. The summed E-state index contributed by atoms with van der Waals surface area (Å²) >= 11 is 1.50. The third kappa shape index (κ3) is 2.50. The number of nitrogens with two attached hydrogens (primary N) is 1. The maximum absolute atomic E-state index is 6.09. The number of nitrogen functional groups attached to an aromatic ring is 1. The van der Waals surface area contributed by atoms with Crippen molar-refractivity contribution in [3.63, 3.8) is 0 Å². The Morgan fingerprint density at radius 3 is 2.60 bits per heavy atom. The van der Waals surface area contributed by atoms with Crippen molar-refractivity contribution in [1.29, 1.82) is 0 Å². The molecule has 0 spiro atoms. The fourth-order valence-electron chi connectivity index (χ4n) is 2.96. The normalized spacial score (nSPS) is 16.2. The summed E-state index contributed by atoms with van der Waals surface area (Å²) in [5.41, 5.74) is 8.25. The van der Waals surface area contributed by atoms with E-state index < -0.39 is 0 Å². The van der Waals surface area contributed by atoms with E-state index in [9.17, 15) is 0 Å². The molecule has 3 rings (SSSR count). The molecule has 20 heavy (non-hydrogen) atoms. The van der Waals surface area contributed by atoms with Crippen molar-refractivity contribution in [2.24, 2.45) is 0 Å². The Bertz CT molecular complexity index is 561. The van der Waals surface area contributed by atoms with Crippen molar-refractivity contribution in [2.45, 2.75) is 38.1 Å². The Morgan fingerprint density at radius 1 is 1.20 bits per heavy atom. The van der Waals surface area contributed by atoms with Gasteiger partial charge in [0.15, 0.2) is 0 Å². The van der Waals surface area contributed by atoms with Crippen LogP contribution in [0.4, 0.5) is 10.8 Å². The SMILES string of the molecule is CN(c1snc(N)c1-c1ccncc1)C1CCCCC1. The molecule has 0 aliphatic heterocycles. The summed E-state index contributed by atoms with van der Waals surface area (Å²) in [6.07, 6.45) is 10.2. The summed E-state index contributed by atoms with van der Waals surface area (Å²) < 4.78 is 4.37. The zero-order valence-corrected chi connectivity index (χ0v) is 12.6. The van der Waals surface area contributed by atoms with Crippen LogP contribution in [0.15, 0.2) is 24.5 Å². The summed E-state index contributed by atoms with van der Waals surface area (Å²) in [4.78, 5) is 6.46. The van der Waals surface area contributed by atoms with Crippen LogP contribution in [0.25, 0.3) is 11.1 Å². The number of aromatic nitrogens is 2. The highest BCUT2D eigenvalue weighted by Gasteiger charge is 2.24. The molecule has 0 amide bonds. The summed E-state index contributed by atoms with van der Waals surface area (Å²) in [5.74, 6) is 0.624. The Morgan fingerprint density at radius 2 is 1.90 bits per heavy atom. The quantitative estimate of drug-likeness (QED) is 0.938. The average molecular weight is 288 g/mol. The summed E-state index contributed by atoms with van der Waals surface area (Å²) in [7, 11) is 2.17. The van der Waals surface area contributed by atoms with Gasteiger partial charge in [0.25, 0.3) is 0 Å². The summed E-state index contributed by atoms with van der Waals surface area (Å²) in [6.45, 7) is 0. The van der Waals surface area contributed by atoms with Crippen LogP contribution < -0.4 is 10.6 Å². The number of anilines is 2. The van der Waals surface area contributed by atoms with Crippen LogP contribution >= 0.6 is 11.5 Å². The van der Waals surface area contributed by atoms with Crippen molar-refractivity contribution in [3.8, 4) is 11.1 Å². The van der Waals surface area contributed by atoms with E-state index in [-0.39, 0.29) is 0 Å².